The summed E-state index contributed by atoms with van der Waals surface area (Å²) in [4.78, 5) is 14.1. The molecule has 0 aromatic carbocycles. The number of carbonyl (C=O) groups is 1. The van der Waals surface area contributed by atoms with Crippen LogP contribution in [0.15, 0.2) is 11.1 Å². The van der Waals surface area contributed by atoms with E-state index in [4.69, 9.17) is 4.74 Å². The van der Waals surface area contributed by atoms with E-state index in [2.05, 4.69) is 0 Å². The summed E-state index contributed by atoms with van der Waals surface area (Å²) in [6.07, 6.45) is 33.5. The van der Waals surface area contributed by atoms with Crippen LogP contribution >= 0.6 is 0 Å². The number of hydrogen-bond donors (Lipinski definition) is 1. The average Bonchev–Trinajstić information content (AvgIpc) is 2.92. The van der Waals surface area contributed by atoms with Crippen molar-refractivity contribution >= 4 is 5.97 Å². The Balaban J connectivity index is 1.85. The number of rotatable bonds is 5. The second kappa shape index (κ2) is 19.3. The van der Waals surface area contributed by atoms with E-state index in [0.29, 0.717) is 5.92 Å². The lowest BCUT2D eigenvalue weighted by Crippen LogP contribution is -2.27. The highest BCUT2D eigenvalue weighted by molar-refractivity contribution is 5.90. The van der Waals surface area contributed by atoms with Crippen molar-refractivity contribution < 1.29 is 14.6 Å². The van der Waals surface area contributed by atoms with Gasteiger partial charge in [0.2, 0.25) is 0 Å². The smallest absolute Gasteiger partial charge is 0.334 e. The molecule has 0 radical (unpaired) electrons. The topological polar surface area (TPSA) is 46.5 Å². The van der Waals surface area contributed by atoms with Crippen molar-refractivity contribution in [1.29, 1.82) is 0 Å². The largest absolute Gasteiger partial charge is 0.459 e. The zero-order valence-electron chi connectivity index (χ0n) is 24.3. The first-order valence-electron chi connectivity index (χ1n) is 16.8. The molecule has 3 aliphatic carbocycles. The standard InChI is InChI=1S/C34H60O3/c35-28-32(29-22-16-10-4-1-5-11-17-23-29)33(30-24-18-12-6-2-7-13-19-25-30)34(36)37-31-26-20-14-8-3-9-15-21-27-31/h29-31,35H,1-28H2. The van der Waals surface area contributed by atoms with E-state index in [0.717, 1.165) is 49.7 Å². The van der Waals surface area contributed by atoms with Gasteiger partial charge in [-0.3, -0.25) is 0 Å². The first-order chi connectivity index (χ1) is 18.3. The first kappa shape index (κ1) is 30.7. The van der Waals surface area contributed by atoms with Gasteiger partial charge in [-0.25, -0.2) is 4.79 Å². The van der Waals surface area contributed by atoms with Crippen LogP contribution in [0.4, 0.5) is 0 Å². The van der Waals surface area contributed by atoms with Crippen LogP contribution in [0.25, 0.3) is 0 Å². The molecule has 0 saturated heterocycles. The zero-order chi connectivity index (χ0) is 26.0. The lowest BCUT2D eigenvalue weighted by Gasteiger charge is -2.29. The lowest BCUT2D eigenvalue weighted by molar-refractivity contribution is -0.146. The first-order valence-corrected chi connectivity index (χ1v) is 16.8. The Morgan fingerprint density at radius 2 is 0.811 bits per heavy atom. The second-order valence-corrected chi connectivity index (χ2v) is 12.7. The lowest BCUT2D eigenvalue weighted by atomic mass is 9.78. The quantitative estimate of drug-likeness (QED) is 0.292. The van der Waals surface area contributed by atoms with Crippen LogP contribution in [0.3, 0.4) is 0 Å². The molecule has 0 bridgehead atoms. The third-order valence-corrected chi connectivity index (χ3v) is 9.67. The fraction of sp³-hybridized carbons (Fsp3) is 0.912. The van der Waals surface area contributed by atoms with E-state index >= 15 is 0 Å². The van der Waals surface area contributed by atoms with Gasteiger partial charge in [-0.2, -0.15) is 0 Å². The maximum absolute atomic E-state index is 14.1. The Morgan fingerprint density at radius 1 is 0.486 bits per heavy atom. The normalized spacial score (nSPS) is 25.0. The van der Waals surface area contributed by atoms with Gasteiger partial charge in [0.25, 0.3) is 0 Å². The van der Waals surface area contributed by atoms with Crippen molar-refractivity contribution in [2.75, 3.05) is 6.61 Å². The molecule has 0 unspecified atom stereocenters. The average molecular weight is 517 g/mol. The Labute approximate surface area is 229 Å². The van der Waals surface area contributed by atoms with Gasteiger partial charge in [-0.15, -0.1) is 0 Å². The van der Waals surface area contributed by atoms with Crippen molar-refractivity contribution in [3.63, 3.8) is 0 Å². The molecular weight excluding hydrogens is 456 g/mol. The molecule has 0 atom stereocenters. The molecule has 3 saturated carbocycles. The highest BCUT2D eigenvalue weighted by Crippen LogP contribution is 2.36. The third-order valence-electron chi connectivity index (χ3n) is 9.67. The molecule has 0 aromatic rings. The monoisotopic (exact) mass is 516 g/mol. The minimum absolute atomic E-state index is 0.0380. The van der Waals surface area contributed by atoms with Crippen molar-refractivity contribution in [3.05, 3.63) is 11.1 Å². The molecule has 0 aliphatic heterocycles. The predicted octanol–water partition coefficient (Wildman–Crippen LogP) is 9.99. The van der Waals surface area contributed by atoms with Crippen LogP contribution in [-0.2, 0) is 9.53 Å². The molecule has 3 rings (SSSR count). The van der Waals surface area contributed by atoms with Crippen molar-refractivity contribution in [2.45, 2.75) is 179 Å². The number of carbonyl (C=O) groups excluding carboxylic acids is 1. The van der Waals surface area contributed by atoms with E-state index in [1.165, 1.54) is 135 Å². The van der Waals surface area contributed by atoms with Crippen LogP contribution < -0.4 is 0 Å². The minimum Gasteiger partial charge on any atom is -0.459 e. The zero-order valence-corrected chi connectivity index (χ0v) is 24.3. The summed E-state index contributed by atoms with van der Waals surface area (Å²) in [5.74, 6) is 0.568. The number of ether oxygens (including phenoxy) is 1. The number of aliphatic hydroxyl groups is 1. The van der Waals surface area contributed by atoms with Crippen LogP contribution in [0.5, 0.6) is 0 Å². The Kier molecular flexibility index (Phi) is 16.0. The summed E-state index contributed by atoms with van der Waals surface area (Å²) < 4.78 is 6.43. The molecule has 3 aliphatic rings. The fourth-order valence-electron chi connectivity index (χ4n) is 7.36. The van der Waals surface area contributed by atoms with Gasteiger partial charge in [0.05, 0.1) is 6.61 Å². The van der Waals surface area contributed by atoms with Crippen LogP contribution in [-0.4, -0.2) is 23.8 Å². The maximum atomic E-state index is 14.1. The SMILES string of the molecule is O=C(OC1CCCCCCCCC1)C(=C(CO)C1CCCCCCCCC1)C1CCCCCCCCC1. The van der Waals surface area contributed by atoms with Gasteiger partial charge in [0.1, 0.15) is 6.10 Å². The summed E-state index contributed by atoms with van der Waals surface area (Å²) in [6.45, 7) is 0.0380. The van der Waals surface area contributed by atoms with Gasteiger partial charge in [-0.1, -0.05) is 122 Å². The van der Waals surface area contributed by atoms with Crippen LogP contribution in [0, 0.1) is 11.8 Å². The van der Waals surface area contributed by atoms with E-state index in [-0.39, 0.29) is 24.6 Å². The Morgan fingerprint density at radius 3 is 1.19 bits per heavy atom. The Bertz CT molecular complexity index is 609. The maximum Gasteiger partial charge on any atom is 0.334 e. The minimum atomic E-state index is -0.0507. The molecule has 37 heavy (non-hydrogen) atoms. The highest BCUT2D eigenvalue weighted by atomic mass is 16.5. The van der Waals surface area contributed by atoms with Gasteiger partial charge in [0.15, 0.2) is 0 Å². The van der Waals surface area contributed by atoms with Gasteiger partial charge in [-0.05, 0) is 68.8 Å². The van der Waals surface area contributed by atoms with Crippen LogP contribution in [0.2, 0.25) is 0 Å². The molecule has 0 heterocycles. The number of esters is 1. The molecule has 3 nitrogen and oxygen atoms in total. The molecule has 3 fully saturated rings. The summed E-state index contributed by atoms with van der Waals surface area (Å²) in [7, 11) is 0. The molecule has 1 N–H and O–H groups in total. The van der Waals surface area contributed by atoms with Crippen molar-refractivity contribution in [1.82, 2.24) is 0 Å². The molecule has 0 spiro atoms. The summed E-state index contributed by atoms with van der Waals surface area (Å²) in [6, 6.07) is 0. The van der Waals surface area contributed by atoms with E-state index in [1.807, 2.05) is 0 Å². The number of aliphatic hydroxyl groups excluding tert-OH is 1. The van der Waals surface area contributed by atoms with Crippen molar-refractivity contribution in [2.24, 2.45) is 11.8 Å². The summed E-state index contributed by atoms with van der Waals surface area (Å²) >= 11 is 0. The highest BCUT2D eigenvalue weighted by Gasteiger charge is 2.31. The third kappa shape index (κ3) is 11.8. The molecule has 3 heteroatoms. The van der Waals surface area contributed by atoms with Gasteiger partial charge < -0.3 is 9.84 Å². The summed E-state index contributed by atoms with van der Waals surface area (Å²) in [5.41, 5.74) is 2.01. The summed E-state index contributed by atoms with van der Waals surface area (Å²) in [5, 5.41) is 10.8. The molecule has 0 aromatic heterocycles. The van der Waals surface area contributed by atoms with Crippen LogP contribution in [0.1, 0.15) is 173 Å². The van der Waals surface area contributed by atoms with Gasteiger partial charge in [0, 0.05) is 5.57 Å². The van der Waals surface area contributed by atoms with Gasteiger partial charge >= 0.3 is 5.97 Å². The van der Waals surface area contributed by atoms with Crippen molar-refractivity contribution in [3.8, 4) is 0 Å². The molecular formula is C34H60O3. The number of hydrogen-bond acceptors (Lipinski definition) is 3. The van der Waals surface area contributed by atoms with E-state index in [1.54, 1.807) is 0 Å². The predicted molar refractivity (Wildman–Crippen MR) is 156 cm³/mol. The van der Waals surface area contributed by atoms with E-state index in [9.17, 15) is 9.90 Å². The second-order valence-electron chi connectivity index (χ2n) is 12.7. The van der Waals surface area contributed by atoms with E-state index < -0.39 is 0 Å². The molecule has 214 valence electrons. The fourth-order valence-corrected chi connectivity index (χ4v) is 7.36. The Hall–Kier alpha value is -0.830. The molecule has 0 amide bonds.